The van der Waals surface area contributed by atoms with Crippen molar-refractivity contribution in [3.63, 3.8) is 0 Å². The molecule has 0 saturated carbocycles. The predicted molar refractivity (Wildman–Crippen MR) is 113 cm³/mol. The van der Waals surface area contributed by atoms with Gasteiger partial charge in [-0.1, -0.05) is 0 Å². The lowest BCUT2D eigenvalue weighted by atomic mass is 9.97. The fourth-order valence-corrected chi connectivity index (χ4v) is 3.84. The number of carbonyl (C=O) groups excluding carboxylic acids is 2. The summed E-state index contributed by atoms with van der Waals surface area (Å²) in [6.45, 7) is 6.47. The number of methoxy groups -OCH3 is 1. The Morgan fingerprint density at radius 1 is 1.24 bits per heavy atom. The number of rotatable bonds is 4. The third kappa shape index (κ3) is 5.69. The molecule has 8 heteroatoms. The molecule has 156 valence electrons. The number of likely N-dealkylation sites (tertiary alicyclic amines) is 1. The molecule has 1 unspecified atom stereocenters. The zero-order valence-electron chi connectivity index (χ0n) is 17.2. The van der Waals surface area contributed by atoms with Crippen LogP contribution in [0.2, 0.25) is 0 Å². The molecule has 1 aliphatic heterocycles. The first-order chi connectivity index (χ1) is 13.7. The summed E-state index contributed by atoms with van der Waals surface area (Å²) in [6, 6.07) is 7.61. The van der Waals surface area contributed by atoms with Crippen molar-refractivity contribution in [2.24, 2.45) is 5.92 Å². The molecule has 29 heavy (non-hydrogen) atoms. The number of anilines is 1. The summed E-state index contributed by atoms with van der Waals surface area (Å²) in [5, 5.41) is 5.36. The van der Waals surface area contributed by atoms with Crippen LogP contribution in [0.3, 0.4) is 0 Å². The van der Waals surface area contributed by atoms with Crippen molar-refractivity contribution in [3.8, 4) is 17.0 Å². The number of nitrogens with one attached hydrogen (secondary N) is 1. The maximum atomic E-state index is 12.7. The lowest BCUT2D eigenvalue weighted by Crippen LogP contribution is -2.45. The molecule has 7 nitrogen and oxygen atoms in total. The summed E-state index contributed by atoms with van der Waals surface area (Å²) in [4.78, 5) is 31.1. The number of aromatic nitrogens is 1. The minimum absolute atomic E-state index is 0.117. The summed E-state index contributed by atoms with van der Waals surface area (Å²) in [7, 11) is 1.63. The molecule has 1 aliphatic rings. The number of benzene rings is 1. The van der Waals surface area contributed by atoms with Crippen molar-refractivity contribution in [1.29, 1.82) is 0 Å². The minimum Gasteiger partial charge on any atom is -0.497 e. The monoisotopic (exact) mass is 417 g/mol. The summed E-state index contributed by atoms with van der Waals surface area (Å²) in [6.07, 6.45) is 1.14. The van der Waals surface area contributed by atoms with E-state index in [1.165, 1.54) is 11.3 Å². The number of thiazole rings is 1. The Hall–Kier alpha value is -2.61. The molecule has 0 spiro atoms. The maximum Gasteiger partial charge on any atom is 0.410 e. The molecule has 2 heterocycles. The molecule has 1 aromatic heterocycles. The second kappa shape index (κ2) is 8.82. The van der Waals surface area contributed by atoms with Crippen molar-refractivity contribution < 1.29 is 19.1 Å². The van der Waals surface area contributed by atoms with Gasteiger partial charge in [-0.05, 0) is 57.9 Å². The molecule has 2 amide bonds. The standard InChI is InChI=1S/C21H27N3O4S/c1-21(2,3)28-20(26)24-11-5-6-15(12-24)18(25)23-19-22-17(13-29-19)14-7-9-16(27-4)10-8-14/h7-10,13,15H,5-6,11-12H2,1-4H3,(H,22,23,25). The molecular formula is C21H27N3O4S. The van der Waals surface area contributed by atoms with Crippen LogP contribution < -0.4 is 10.1 Å². The highest BCUT2D eigenvalue weighted by Crippen LogP contribution is 2.27. The van der Waals surface area contributed by atoms with Crippen LogP contribution >= 0.6 is 11.3 Å². The predicted octanol–water partition coefficient (Wildman–Crippen LogP) is 4.40. The number of piperidine rings is 1. The van der Waals surface area contributed by atoms with E-state index in [0.717, 1.165) is 29.8 Å². The number of hydrogen-bond acceptors (Lipinski definition) is 6. The molecule has 1 N–H and O–H groups in total. The van der Waals surface area contributed by atoms with E-state index in [1.54, 1.807) is 12.0 Å². The average Bonchev–Trinajstić information content (AvgIpc) is 3.15. The number of carbonyl (C=O) groups is 2. The van der Waals surface area contributed by atoms with Gasteiger partial charge in [0.25, 0.3) is 0 Å². The Balaban J connectivity index is 1.60. The fourth-order valence-electron chi connectivity index (χ4n) is 3.12. The van der Waals surface area contributed by atoms with E-state index < -0.39 is 5.60 Å². The van der Waals surface area contributed by atoms with Gasteiger partial charge in [-0.2, -0.15) is 0 Å². The van der Waals surface area contributed by atoms with Gasteiger partial charge in [-0.25, -0.2) is 9.78 Å². The molecular weight excluding hydrogens is 390 g/mol. The number of nitrogens with zero attached hydrogens (tertiary/aromatic N) is 2. The highest BCUT2D eigenvalue weighted by molar-refractivity contribution is 7.14. The SMILES string of the molecule is COc1ccc(-c2csc(NC(=O)C3CCCN(C(=O)OC(C)(C)C)C3)n2)cc1. The second-order valence-electron chi connectivity index (χ2n) is 8.02. The van der Waals surface area contributed by atoms with Gasteiger partial charge in [0.2, 0.25) is 5.91 Å². The molecule has 0 bridgehead atoms. The van der Waals surface area contributed by atoms with Crippen LogP contribution in [0, 0.1) is 5.92 Å². The van der Waals surface area contributed by atoms with Crippen LogP contribution in [0.4, 0.5) is 9.93 Å². The first-order valence-electron chi connectivity index (χ1n) is 9.64. The highest BCUT2D eigenvalue weighted by Gasteiger charge is 2.31. The van der Waals surface area contributed by atoms with Crippen molar-refractivity contribution >= 4 is 28.5 Å². The molecule has 1 fully saturated rings. The first-order valence-corrected chi connectivity index (χ1v) is 10.5. The number of amides is 2. The van der Waals surface area contributed by atoms with Crippen molar-refractivity contribution in [2.75, 3.05) is 25.5 Å². The van der Waals surface area contributed by atoms with Crippen LogP contribution in [0.5, 0.6) is 5.75 Å². The van der Waals surface area contributed by atoms with E-state index >= 15 is 0 Å². The largest absolute Gasteiger partial charge is 0.497 e. The quantitative estimate of drug-likeness (QED) is 0.797. The third-order valence-electron chi connectivity index (χ3n) is 4.56. The van der Waals surface area contributed by atoms with Crippen LogP contribution in [0.1, 0.15) is 33.6 Å². The molecule has 1 atom stereocenters. The third-order valence-corrected chi connectivity index (χ3v) is 5.32. The normalized spacial score (nSPS) is 17.0. The maximum absolute atomic E-state index is 12.7. The second-order valence-corrected chi connectivity index (χ2v) is 8.88. The number of hydrogen-bond donors (Lipinski definition) is 1. The Morgan fingerprint density at radius 3 is 2.62 bits per heavy atom. The highest BCUT2D eigenvalue weighted by atomic mass is 32.1. The van der Waals surface area contributed by atoms with Gasteiger partial charge in [0.15, 0.2) is 5.13 Å². The van der Waals surface area contributed by atoms with Gasteiger partial charge in [-0.15, -0.1) is 11.3 Å². The Kier molecular flexibility index (Phi) is 6.42. The van der Waals surface area contributed by atoms with Crippen LogP contribution in [0.15, 0.2) is 29.6 Å². The smallest absolute Gasteiger partial charge is 0.410 e. The van der Waals surface area contributed by atoms with Gasteiger partial charge in [-0.3, -0.25) is 4.79 Å². The van der Waals surface area contributed by atoms with Crippen molar-refractivity contribution in [1.82, 2.24) is 9.88 Å². The summed E-state index contributed by atoms with van der Waals surface area (Å²) >= 11 is 1.38. The first kappa shape index (κ1) is 21.1. The molecule has 1 saturated heterocycles. The fraction of sp³-hybridized carbons (Fsp3) is 0.476. The Bertz CT molecular complexity index is 858. The molecule has 1 aromatic carbocycles. The van der Waals surface area contributed by atoms with E-state index in [0.29, 0.717) is 18.2 Å². The van der Waals surface area contributed by atoms with Gasteiger partial charge in [0.1, 0.15) is 11.4 Å². The minimum atomic E-state index is -0.551. The lowest BCUT2D eigenvalue weighted by molar-refractivity contribution is -0.121. The summed E-state index contributed by atoms with van der Waals surface area (Å²) in [5.74, 6) is 0.392. The van der Waals surface area contributed by atoms with Crippen LogP contribution in [0.25, 0.3) is 11.3 Å². The Labute approximate surface area is 175 Å². The zero-order chi connectivity index (χ0) is 21.0. The van der Waals surface area contributed by atoms with Gasteiger partial charge in [0, 0.05) is 24.0 Å². The van der Waals surface area contributed by atoms with Crippen LogP contribution in [-0.2, 0) is 9.53 Å². The summed E-state index contributed by atoms with van der Waals surface area (Å²) < 4.78 is 10.6. The molecule has 3 rings (SSSR count). The summed E-state index contributed by atoms with van der Waals surface area (Å²) in [5.41, 5.74) is 1.20. The van der Waals surface area contributed by atoms with E-state index in [-0.39, 0.29) is 17.9 Å². The molecule has 2 aromatic rings. The van der Waals surface area contributed by atoms with Crippen LogP contribution in [-0.4, -0.2) is 47.7 Å². The molecule has 0 radical (unpaired) electrons. The lowest BCUT2D eigenvalue weighted by Gasteiger charge is -2.33. The van der Waals surface area contributed by atoms with Gasteiger partial charge < -0.3 is 19.7 Å². The van der Waals surface area contributed by atoms with E-state index in [1.807, 2.05) is 50.4 Å². The number of ether oxygens (including phenoxy) is 2. The van der Waals surface area contributed by atoms with Gasteiger partial charge in [0.05, 0.1) is 18.7 Å². The van der Waals surface area contributed by atoms with Gasteiger partial charge >= 0.3 is 6.09 Å². The van der Waals surface area contributed by atoms with E-state index in [9.17, 15) is 9.59 Å². The van der Waals surface area contributed by atoms with Crippen molar-refractivity contribution in [3.05, 3.63) is 29.6 Å². The Morgan fingerprint density at radius 2 is 1.97 bits per heavy atom. The molecule has 0 aliphatic carbocycles. The zero-order valence-corrected chi connectivity index (χ0v) is 18.0. The topological polar surface area (TPSA) is 80.8 Å². The van der Waals surface area contributed by atoms with Crippen molar-refractivity contribution in [2.45, 2.75) is 39.2 Å². The van der Waals surface area contributed by atoms with E-state index in [2.05, 4.69) is 10.3 Å². The average molecular weight is 418 g/mol. The van der Waals surface area contributed by atoms with E-state index in [4.69, 9.17) is 9.47 Å².